The van der Waals surface area contributed by atoms with Crippen molar-refractivity contribution in [3.05, 3.63) is 33.4 Å². The SMILES string of the molecule is Fc1c(Br)sc2cc(CCl)ccc12. The van der Waals surface area contributed by atoms with Crippen molar-refractivity contribution in [2.24, 2.45) is 0 Å². The molecule has 0 aliphatic rings. The Bertz CT molecular complexity index is 452. The van der Waals surface area contributed by atoms with Crippen molar-refractivity contribution in [2.45, 2.75) is 5.88 Å². The minimum atomic E-state index is -0.180. The van der Waals surface area contributed by atoms with Crippen molar-refractivity contribution in [3.63, 3.8) is 0 Å². The standard InChI is InChI=1S/C9H5BrClFS/c10-9-8(12)6-2-1-5(4-11)3-7(6)13-9/h1-3H,4H2. The fourth-order valence-corrected chi connectivity index (χ4v) is 2.94. The van der Waals surface area contributed by atoms with E-state index < -0.39 is 0 Å². The highest BCUT2D eigenvalue weighted by molar-refractivity contribution is 9.11. The van der Waals surface area contributed by atoms with E-state index in [1.165, 1.54) is 11.3 Å². The number of halogens is 3. The summed E-state index contributed by atoms with van der Waals surface area (Å²) in [7, 11) is 0. The summed E-state index contributed by atoms with van der Waals surface area (Å²) in [6.45, 7) is 0. The first-order chi connectivity index (χ1) is 6.22. The maximum absolute atomic E-state index is 13.3. The normalized spacial score (nSPS) is 11.0. The smallest absolute Gasteiger partial charge is 0.156 e. The number of hydrogen-bond donors (Lipinski definition) is 0. The molecule has 0 N–H and O–H groups in total. The molecule has 0 fully saturated rings. The van der Waals surface area contributed by atoms with Gasteiger partial charge in [0, 0.05) is 16.0 Å². The second-order valence-corrected chi connectivity index (χ2v) is 5.29. The Morgan fingerprint density at radius 1 is 1.46 bits per heavy atom. The number of rotatable bonds is 1. The molecule has 0 radical (unpaired) electrons. The molecule has 0 unspecified atom stereocenters. The molecule has 1 aromatic carbocycles. The van der Waals surface area contributed by atoms with E-state index in [9.17, 15) is 4.39 Å². The molecule has 13 heavy (non-hydrogen) atoms. The van der Waals surface area contributed by atoms with Gasteiger partial charge in [0.25, 0.3) is 0 Å². The third kappa shape index (κ3) is 1.60. The molecule has 0 saturated heterocycles. The number of alkyl halides is 1. The van der Waals surface area contributed by atoms with Crippen LogP contribution in [0, 0.1) is 5.82 Å². The van der Waals surface area contributed by atoms with Gasteiger partial charge in [0.15, 0.2) is 5.82 Å². The van der Waals surface area contributed by atoms with Crippen LogP contribution in [-0.2, 0) is 5.88 Å². The molecule has 0 atom stereocenters. The summed E-state index contributed by atoms with van der Waals surface area (Å²) in [4.78, 5) is 0. The second-order valence-electron chi connectivity index (χ2n) is 2.65. The summed E-state index contributed by atoms with van der Waals surface area (Å²) in [5, 5.41) is 0.658. The average molecular weight is 280 g/mol. The molecule has 2 aromatic rings. The largest absolute Gasteiger partial charge is 0.204 e. The van der Waals surface area contributed by atoms with E-state index in [1.807, 2.05) is 12.1 Å². The Labute approximate surface area is 92.5 Å². The van der Waals surface area contributed by atoms with E-state index in [0.717, 1.165) is 10.3 Å². The fraction of sp³-hybridized carbons (Fsp3) is 0.111. The van der Waals surface area contributed by atoms with Crippen molar-refractivity contribution in [3.8, 4) is 0 Å². The summed E-state index contributed by atoms with van der Waals surface area (Å²) in [5.74, 6) is 0.286. The Hall–Kier alpha value is -0.120. The monoisotopic (exact) mass is 278 g/mol. The van der Waals surface area contributed by atoms with Crippen LogP contribution in [0.15, 0.2) is 22.0 Å². The highest BCUT2D eigenvalue weighted by atomic mass is 79.9. The van der Waals surface area contributed by atoms with Gasteiger partial charge in [0.1, 0.15) is 3.79 Å². The zero-order valence-corrected chi connectivity index (χ0v) is 9.64. The number of benzene rings is 1. The van der Waals surface area contributed by atoms with Crippen LogP contribution in [0.4, 0.5) is 4.39 Å². The van der Waals surface area contributed by atoms with Crippen LogP contribution in [0.2, 0.25) is 0 Å². The van der Waals surface area contributed by atoms with Crippen molar-refractivity contribution in [1.29, 1.82) is 0 Å². The second kappa shape index (κ2) is 3.56. The first-order valence-corrected chi connectivity index (χ1v) is 5.79. The lowest BCUT2D eigenvalue weighted by Crippen LogP contribution is -1.76. The van der Waals surface area contributed by atoms with Gasteiger partial charge in [0.2, 0.25) is 0 Å². The Kier molecular flexibility index (Phi) is 2.58. The molecule has 1 aromatic heterocycles. The van der Waals surface area contributed by atoms with E-state index in [1.54, 1.807) is 6.07 Å². The maximum atomic E-state index is 13.3. The van der Waals surface area contributed by atoms with Crippen molar-refractivity contribution in [1.82, 2.24) is 0 Å². The third-order valence-electron chi connectivity index (χ3n) is 1.81. The Morgan fingerprint density at radius 2 is 2.23 bits per heavy atom. The fourth-order valence-electron chi connectivity index (χ4n) is 1.16. The van der Waals surface area contributed by atoms with Crippen LogP contribution in [0.25, 0.3) is 10.1 Å². The lowest BCUT2D eigenvalue weighted by atomic mass is 10.2. The predicted octanol–water partition coefficient (Wildman–Crippen LogP) is 4.54. The molecule has 0 spiro atoms. The Balaban J connectivity index is 2.73. The van der Waals surface area contributed by atoms with E-state index in [0.29, 0.717) is 15.1 Å². The van der Waals surface area contributed by atoms with E-state index in [-0.39, 0.29) is 5.82 Å². The molecule has 0 aliphatic carbocycles. The van der Waals surface area contributed by atoms with Crippen molar-refractivity contribution in [2.75, 3.05) is 0 Å². The molecular weight excluding hydrogens is 275 g/mol. The van der Waals surface area contributed by atoms with Crippen LogP contribution in [0.1, 0.15) is 5.56 Å². The third-order valence-corrected chi connectivity index (χ3v) is 3.87. The molecule has 4 heteroatoms. The van der Waals surface area contributed by atoms with Gasteiger partial charge >= 0.3 is 0 Å². The van der Waals surface area contributed by atoms with Gasteiger partial charge in [0.05, 0.1) is 0 Å². The Morgan fingerprint density at radius 3 is 2.92 bits per heavy atom. The highest BCUT2D eigenvalue weighted by Gasteiger charge is 2.09. The van der Waals surface area contributed by atoms with Crippen LogP contribution in [-0.4, -0.2) is 0 Å². The first-order valence-electron chi connectivity index (χ1n) is 3.65. The van der Waals surface area contributed by atoms with Crippen LogP contribution in [0.3, 0.4) is 0 Å². The highest BCUT2D eigenvalue weighted by Crippen LogP contribution is 2.34. The van der Waals surface area contributed by atoms with Gasteiger partial charge in [-0.05, 0) is 27.6 Å². The molecule has 0 saturated carbocycles. The average Bonchev–Trinajstić information content (AvgIpc) is 2.42. The van der Waals surface area contributed by atoms with E-state index in [2.05, 4.69) is 15.9 Å². The van der Waals surface area contributed by atoms with Crippen LogP contribution in [0.5, 0.6) is 0 Å². The zero-order chi connectivity index (χ0) is 9.42. The predicted molar refractivity (Wildman–Crippen MR) is 59.0 cm³/mol. The zero-order valence-electron chi connectivity index (χ0n) is 6.48. The molecule has 0 bridgehead atoms. The van der Waals surface area contributed by atoms with Gasteiger partial charge in [-0.2, -0.15) is 0 Å². The minimum absolute atomic E-state index is 0.180. The topological polar surface area (TPSA) is 0 Å². The van der Waals surface area contributed by atoms with Crippen LogP contribution < -0.4 is 0 Å². The lowest BCUT2D eigenvalue weighted by Gasteiger charge is -1.93. The molecule has 1 heterocycles. The number of fused-ring (bicyclic) bond motifs is 1. The van der Waals surface area contributed by atoms with E-state index >= 15 is 0 Å². The minimum Gasteiger partial charge on any atom is -0.204 e. The molecular formula is C9H5BrClFS. The summed E-state index contributed by atoms with van der Waals surface area (Å²) in [6.07, 6.45) is 0. The number of hydrogen-bond acceptors (Lipinski definition) is 1. The van der Waals surface area contributed by atoms with Gasteiger partial charge in [-0.3, -0.25) is 0 Å². The summed E-state index contributed by atoms with van der Waals surface area (Å²) < 4.78 is 14.8. The molecule has 0 aliphatic heterocycles. The summed E-state index contributed by atoms with van der Waals surface area (Å²) in [6, 6.07) is 5.53. The van der Waals surface area contributed by atoms with Gasteiger partial charge in [-0.15, -0.1) is 22.9 Å². The quantitative estimate of drug-likeness (QED) is 0.672. The number of thiophene rings is 1. The maximum Gasteiger partial charge on any atom is 0.156 e. The van der Waals surface area contributed by atoms with Gasteiger partial charge in [-0.1, -0.05) is 12.1 Å². The molecule has 0 amide bonds. The van der Waals surface area contributed by atoms with Crippen molar-refractivity contribution < 1.29 is 4.39 Å². The van der Waals surface area contributed by atoms with E-state index in [4.69, 9.17) is 11.6 Å². The van der Waals surface area contributed by atoms with Gasteiger partial charge < -0.3 is 0 Å². The van der Waals surface area contributed by atoms with Crippen LogP contribution >= 0.6 is 38.9 Å². The lowest BCUT2D eigenvalue weighted by molar-refractivity contribution is 0.639. The molecule has 2 rings (SSSR count). The molecule has 0 nitrogen and oxygen atoms in total. The first kappa shape index (κ1) is 9.44. The summed E-state index contributed by atoms with van der Waals surface area (Å²) in [5.41, 5.74) is 1.02. The molecule has 68 valence electrons. The summed E-state index contributed by atoms with van der Waals surface area (Å²) >= 11 is 10.2. The van der Waals surface area contributed by atoms with Gasteiger partial charge in [-0.25, -0.2) is 4.39 Å². The van der Waals surface area contributed by atoms with Crippen molar-refractivity contribution >= 4 is 49.0 Å².